The van der Waals surface area contributed by atoms with E-state index in [9.17, 15) is 4.39 Å². The van der Waals surface area contributed by atoms with E-state index in [2.05, 4.69) is 37.9 Å². The maximum absolute atomic E-state index is 13.5. The number of piperazine rings is 1. The standard InChI is InChI=1S/C17H26ClFN2/c1-5-17(6-2)11-20-16(3,4)12-21(17)10-13-9-14(19)7-8-15(13)18/h7-9,20H,5-6,10-12H2,1-4H3. The summed E-state index contributed by atoms with van der Waals surface area (Å²) in [6.07, 6.45) is 2.14. The van der Waals surface area contributed by atoms with Gasteiger partial charge in [0.25, 0.3) is 0 Å². The SMILES string of the molecule is CCC1(CC)CNC(C)(C)CN1Cc1cc(F)ccc1Cl. The third-order valence-corrected chi connectivity index (χ3v) is 5.21. The van der Waals surface area contributed by atoms with Gasteiger partial charge in [0, 0.05) is 35.7 Å². The van der Waals surface area contributed by atoms with Gasteiger partial charge in [0.2, 0.25) is 0 Å². The van der Waals surface area contributed by atoms with E-state index in [0.717, 1.165) is 31.5 Å². The van der Waals surface area contributed by atoms with Crippen LogP contribution in [0.2, 0.25) is 5.02 Å². The molecule has 21 heavy (non-hydrogen) atoms. The van der Waals surface area contributed by atoms with Crippen molar-refractivity contribution >= 4 is 11.6 Å². The molecule has 0 saturated carbocycles. The molecule has 0 unspecified atom stereocenters. The highest BCUT2D eigenvalue weighted by atomic mass is 35.5. The molecule has 0 radical (unpaired) electrons. The van der Waals surface area contributed by atoms with Crippen molar-refractivity contribution < 1.29 is 4.39 Å². The van der Waals surface area contributed by atoms with Crippen LogP contribution in [0.3, 0.4) is 0 Å². The fourth-order valence-electron chi connectivity index (χ4n) is 3.26. The lowest BCUT2D eigenvalue weighted by Crippen LogP contribution is -2.67. The fourth-order valence-corrected chi connectivity index (χ4v) is 3.43. The summed E-state index contributed by atoms with van der Waals surface area (Å²) < 4.78 is 13.5. The maximum Gasteiger partial charge on any atom is 0.123 e. The van der Waals surface area contributed by atoms with E-state index in [-0.39, 0.29) is 16.9 Å². The molecule has 1 heterocycles. The lowest BCUT2D eigenvalue weighted by molar-refractivity contribution is 0.00230. The molecule has 1 aromatic carbocycles. The summed E-state index contributed by atoms with van der Waals surface area (Å²) in [4.78, 5) is 2.48. The Labute approximate surface area is 132 Å². The summed E-state index contributed by atoms with van der Waals surface area (Å²) in [5, 5.41) is 4.29. The second-order valence-electron chi connectivity index (χ2n) is 6.76. The Bertz CT molecular complexity index is 498. The zero-order valence-electron chi connectivity index (χ0n) is 13.5. The smallest absolute Gasteiger partial charge is 0.123 e. The van der Waals surface area contributed by atoms with Gasteiger partial charge in [0.05, 0.1) is 0 Å². The van der Waals surface area contributed by atoms with Gasteiger partial charge in [-0.2, -0.15) is 0 Å². The Morgan fingerprint density at radius 2 is 1.95 bits per heavy atom. The number of halogens is 2. The molecule has 1 saturated heterocycles. The third-order valence-electron chi connectivity index (χ3n) is 4.84. The van der Waals surface area contributed by atoms with Gasteiger partial charge in [-0.15, -0.1) is 0 Å². The summed E-state index contributed by atoms with van der Waals surface area (Å²) in [5.74, 6) is -0.220. The predicted octanol–water partition coefficient (Wildman–Crippen LogP) is 4.22. The van der Waals surface area contributed by atoms with Gasteiger partial charge < -0.3 is 5.32 Å². The number of hydrogen-bond acceptors (Lipinski definition) is 2. The van der Waals surface area contributed by atoms with Gasteiger partial charge in [-0.3, -0.25) is 4.90 Å². The Morgan fingerprint density at radius 1 is 1.29 bits per heavy atom. The average Bonchev–Trinajstić information content (AvgIpc) is 2.43. The van der Waals surface area contributed by atoms with Crippen molar-refractivity contribution in [2.24, 2.45) is 0 Å². The Hall–Kier alpha value is -0.640. The van der Waals surface area contributed by atoms with E-state index in [1.165, 1.54) is 6.07 Å². The molecule has 2 rings (SSSR count). The average molecular weight is 313 g/mol. The first-order valence-corrected chi connectivity index (χ1v) is 8.14. The molecule has 0 atom stereocenters. The number of benzene rings is 1. The minimum absolute atomic E-state index is 0.0631. The van der Waals surface area contributed by atoms with Crippen molar-refractivity contribution in [2.75, 3.05) is 13.1 Å². The van der Waals surface area contributed by atoms with E-state index < -0.39 is 0 Å². The van der Waals surface area contributed by atoms with Crippen LogP contribution >= 0.6 is 11.6 Å². The van der Waals surface area contributed by atoms with E-state index in [0.29, 0.717) is 11.6 Å². The minimum atomic E-state index is -0.220. The van der Waals surface area contributed by atoms with Gasteiger partial charge in [0.1, 0.15) is 5.82 Å². The molecule has 0 bridgehead atoms. The normalized spacial score (nSPS) is 21.4. The molecule has 1 aliphatic rings. The lowest BCUT2D eigenvalue weighted by Gasteiger charge is -2.52. The molecular formula is C17H26ClFN2. The van der Waals surface area contributed by atoms with Crippen LogP contribution < -0.4 is 5.32 Å². The van der Waals surface area contributed by atoms with Crippen LogP contribution in [0.1, 0.15) is 46.1 Å². The molecule has 0 amide bonds. The van der Waals surface area contributed by atoms with Crippen LogP contribution in [0, 0.1) is 5.82 Å². The molecule has 0 spiro atoms. The largest absolute Gasteiger partial charge is 0.309 e. The minimum Gasteiger partial charge on any atom is -0.309 e. The first-order valence-electron chi connectivity index (χ1n) is 7.76. The van der Waals surface area contributed by atoms with Gasteiger partial charge in [0.15, 0.2) is 0 Å². The second kappa shape index (κ2) is 6.23. The van der Waals surface area contributed by atoms with E-state index in [1.54, 1.807) is 12.1 Å². The van der Waals surface area contributed by atoms with Gasteiger partial charge in [-0.05, 0) is 50.5 Å². The lowest BCUT2D eigenvalue weighted by atomic mass is 9.84. The van der Waals surface area contributed by atoms with Crippen molar-refractivity contribution in [2.45, 2.75) is 58.2 Å². The van der Waals surface area contributed by atoms with Gasteiger partial charge >= 0.3 is 0 Å². The molecule has 1 aromatic rings. The molecule has 1 N–H and O–H groups in total. The van der Waals surface area contributed by atoms with Crippen LogP contribution in [0.4, 0.5) is 4.39 Å². The van der Waals surface area contributed by atoms with Crippen molar-refractivity contribution in [3.63, 3.8) is 0 Å². The van der Waals surface area contributed by atoms with Gasteiger partial charge in [-0.1, -0.05) is 25.4 Å². The summed E-state index contributed by atoms with van der Waals surface area (Å²) in [6, 6.07) is 4.63. The topological polar surface area (TPSA) is 15.3 Å². The summed E-state index contributed by atoms with van der Waals surface area (Å²) >= 11 is 6.26. The number of nitrogens with zero attached hydrogens (tertiary/aromatic N) is 1. The number of nitrogens with one attached hydrogen (secondary N) is 1. The molecule has 0 aliphatic carbocycles. The highest BCUT2D eigenvalue weighted by Gasteiger charge is 2.41. The van der Waals surface area contributed by atoms with Crippen LogP contribution in [0.5, 0.6) is 0 Å². The van der Waals surface area contributed by atoms with E-state index in [1.807, 2.05) is 0 Å². The first kappa shape index (κ1) is 16.7. The maximum atomic E-state index is 13.5. The van der Waals surface area contributed by atoms with Crippen molar-refractivity contribution in [1.29, 1.82) is 0 Å². The number of rotatable bonds is 4. The first-order chi connectivity index (χ1) is 9.82. The van der Waals surface area contributed by atoms with Gasteiger partial charge in [-0.25, -0.2) is 4.39 Å². The number of hydrogen-bond donors (Lipinski definition) is 1. The van der Waals surface area contributed by atoms with Crippen LogP contribution in [-0.2, 0) is 6.54 Å². The van der Waals surface area contributed by atoms with Crippen LogP contribution in [0.15, 0.2) is 18.2 Å². The van der Waals surface area contributed by atoms with Crippen molar-refractivity contribution in [1.82, 2.24) is 10.2 Å². The van der Waals surface area contributed by atoms with E-state index in [4.69, 9.17) is 11.6 Å². The molecule has 2 nitrogen and oxygen atoms in total. The highest BCUT2D eigenvalue weighted by molar-refractivity contribution is 6.31. The molecule has 4 heteroatoms. The van der Waals surface area contributed by atoms with E-state index >= 15 is 0 Å². The van der Waals surface area contributed by atoms with Crippen molar-refractivity contribution in [3.05, 3.63) is 34.6 Å². The summed E-state index contributed by atoms with van der Waals surface area (Å²) in [6.45, 7) is 11.5. The fraction of sp³-hybridized carbons (Fsp3) is 0.647. The van der Waals surface area contributed by atoms with Crippen LogP contribution in [0.25, 0.3) is 0 Å². The highest BCUT2D eigenvalue weighted by Crippen LogP contribution is 2.32. The zero-order valence-corrected chi connectivity index (χ0v) is 14.2. The predicted molar refractivity (Wildman–Crippen MR) is 87.2 cm³/mol. The molecule has 1 fully saturated rings. The second-order valence-corrected chi connectivity index (χ2v) is 7.17. The quantitative estimate of drug-likeness (QED) is 0.895. The monoisotopic (exact) mass is 312 g/mol. The zero-order chi connectivity index (χ0) is 15.7. The molecule has 118 valence electrons. The molecular weight excluding hydrogens is 287 g/mol. The molecule has 0 aromatic heterocycles. The summed E-state index contributed by atoms with van der Waals surface area (Å²) in [5.41, 5.74) is 1.05. The Kier molecular flexibility index (Phi) is 4.96. The van der Waals surface area contributed by atoms with Crippen molar-refractivity contribution in [3.8, 4) is 0 Å². The Balaban J connectivity index is 2.30. The molecule has 1 aliphatic heterocycles. The van der Waals surface area contributed by atoms with Crippen LogP contribution in [-0.4, -0.2) is 29.1 Å². The third kappa shape index (κ3) is 3.58. The Morgan fingerprint density at radius 3 is 2.57 bits per heavy atom. The summed E-state index contributed by atoms with van der Waals surface area (Å²) in [7, 11) is 0.